The van der Waals surface area contributed by atoms with E-state index in [-0.39, 0.29) is 0 Å². The van der Waals surface area contributed by atoms with Crippen LogP contribution in [-0.4, -0.2) is 36.8 Å². The van der Waals surface area contributed by atoms with Crippen molar-refractivity contribution in [1.29, 1.82) is 0 Å². The number of fused-ring (bicyclic) bond motifs is 3. The van der Waals surface area contributed by atoms with E-state index in [0.717, 1.165) is 0 Å². The molecule has 4 heteroatoms. The van der Waals surface area contributed by atoms with E-state index in [1.54, 1.807) is 42.4 Å². The van der Waals surface area contributed by atoms with E-state index in [0.29, 0.717) is 0 Å². The maximum atomic E-state index is 2.54. The summed E-state index contributed by atoms with van der Waals surface area (Å²) in [6, 6.07) is 24.2. The molecule has 0 atom stereocenters. The quantitative estimate of drug-likeness (QED) is 0.0297. The minimum atomic E-state index is -2.98. The number of hydrogen-bond acceptors (Lipinski definition) is 2. The van der Waals surface area contributed by atoms with Crippen molar-refractivity contribution < 1.29 is 0 Å². The summed E-state index contributed by atoms with van der Waals surface area (Å²) < 4.78 is 16.6. The van der Waals surface area contributed by atoms with Gasteiger partial charge in [-0.05, 0) is 0 Å². The Hall–Kier alpha value is -0.823. The number of benzene rings is 3. The fraction of sp³-hybridized carbons (Fsp3) is 0.621. The molecule has 0 bridgehead atoms. The van der Waals surface area contributed by atoms with Crippen LogP contribution >= 0.6 is 22.7 Å². The molecule has 2 heterocycles. The zero-order chi connectivity index (χ0) is 44.2. The van der Waals surface area contributed by atoms with Crippen LogP contribution < -0.4 is 5.79 Å². The van der Waals surface area contributed by atoms with Gasteiger partial charge < -0.3 is 0 Å². The Morgan fingerprint density at radius 2 is 0.629 bits per heavy atom. The first kappa shape index (κ1) is 52.2. The topological polar surface area (TPSA) is 0 Å². The molecule has 0 saturated heterocycles. The van der Waals surface area contributed by atoms with Gasteiger partial charge in [-0.3, -0.25) is 0 Å². The van der Waals surface area contributed by atoms with Crippen LogP contribution in [0.4, 0.5) is 0 Å². The van der Waals surface area contributed by atoms with E-state index in [1.165, 1.54) is 179 Å². The van der Waals surface area contributed by atoms with Crippen molar-refractivity contribution in [3.63, 3.8) is 0 Å². The summed E-state index contributed by atoms with van der Waals surface area (Å²) >= 11 is -1.12. The van der Waals surface area contributed by atoms with E-state index in [2.05, 4.69) is 139 Å². The molecule has 0 amide bonds. The number of hydrogen-bond donors (Lipinski definition) is 0. The molecule has 0 radical (unpaired) electrons. The van der Waals surface area contributed by atoms with E-state index in [9.17, 15) is 0 Å². The fourth-order valence-corrected chi connectivity index (χ4v) is 53.8. The standard InChI is InChI=1S/C34H36S2.6C4H9.2Sn/c1-3-5-7-15-21-27-28(22-16-8-6-4-2)34-32(30(24-36-34)26-19-13-10-14-20-26)31-29(23-35-33(27)31)25-17-11-9-12-18-25;6*1-3-4-2;;/h9-14,17-20H,3-8,15-16,21-22H2,1-2H3;6*1,3-4H2,2H3;;. The molecule has 0 aliphatic carbocycles. The van der Waals surface area contributed by atoms with Crippen molar-refractivity contribution in [1.82, 2.24) is 0 Å². The zero-order valence-electron chi connectivity index (χ0n) is 41.4. The van der Waals surface area contributed by atoms with Gasteiger partial charge in [0, 0.05) is 0 Å². The molecule has 0 fully saturated rings. The second-order valence-corrected chi connectivity index (χ2v) is 49.7. The van der Waals surface area contributed by atoms with Gasteiger partial charge in [0.1, 0.15) is 0 Å². The molecule has 0 nitrogen and oxygen atoms in total. The Balaban J connectivity index is 2.11. The molecule has 5 aromatic rings. The summed E-state index contributed by atoms with van der Waals surface area (Å²) in [6.45, 7) is 19.6. The first-order chi connectivity index (χ1) is 30.4. The van der Waals surface area contributed by atoms with Crippen molar-refractivity contribution >= 4 is 85.4 Å². The summed E-state index contributed by atoms with van der Waals surface area (Å²) in [5.41, 5.74) is 10.1. The third-order valence-corrected chi connectivity index (χ3v) is 53.7. The SMILES string of the molecule is CCCCCCc1c(CCCCCC)c2s[c]([Sn]([CH2]CCC)([CH2]CCC)[CH2]CCC)c(-c3ccccc3)c2c2c(-c3ccccc3)[c]([Sn]([CH2]CCC)([CH2]CCC)[CH2]CCC)sc12. The van der Waals surface area contributed by atoms with E-state index in [4.69, 9.17) is 0 Å². The maximum absolute atomic E-state index is 2.98. The van der Waals surface area contributed by atoms with Crippen LogP contribution in [0.5, 0.6) is 0 Å². The molecule has 0 unspecified atom stereocenters. The molecule has 0 N–H and O–H groups in total. The van der Waals surface area contributed by atoms with Gasteiger partial charge in [0.25, 0.3) is 0 Å². The van der Waals surface area contributed by atoms with Gasteiger partial charge in [0.15, 0.2) is 0 Å². The number of rotatable bonds is 32. The van der Waals surface area contributed by atoms with Crippen molar-refractivity contribution in [2.75, 3.05) is 0 Å². The minimum absolute atomic E-state index is 1.26. The van der Waals surface area contributed by atoms with Gasteiger partial charge in [-0.1, -0.05) is 0 Å². The summed E-state index contributed by atoms with van der Waals surface area (Å²) in [7, 11) is 0. The van der Waals surface area contributed by atoms with Gasteiger partial charge >= 0.3 is 403 Å². The Morgan fingerprint density at radius 1 is 0.339 bits per heavy atom. The molecule has 0 saturated carbocycles. The summed E-state index contributed by atoms with van der Waals surface area (Å²) in [4.78, 5) is 0. The summed E-state index contributed by atoms with van der Waals surface area (Å²) in [6.07, 6.45) is 29.6. The summed E-state index contributed by atoms with van der Waals surface area (Å²) in [5.74, 6) is 0. The predicted octanol–water partition coefficient (Wildman–Crippen LogP) is 19.8. The molecule has 2 aromatic heterocycles. The van der Waals surface area contributed by atoms with Gasteiger partial charge in [0.2, 0.25) is 0 Å². The van der Waals surface area contributed by atoms with E-state index >= 15 is 0 Å². The average molecular weight is 1090 g/mol. The molecular formula is C58H90S2Sn2. The van der Waals surface area contributed by atoms with Crippen LogP contribution in [0.25, 0.3) is 42.4 Å². The number of unbranched alkanes of at least 4 members (excludes halogenated alkanes) is 12. The first-order valence-electron chi connectivity index (χ1n) is 26.6. The Kier molecular flexibility index (Phi) is 23.3. The molecular weight excluding hydrogens is 998 g/mol. The molecule has 5 rings (SSSR count). The van der Waals surface area contributed by atoms with Crippen LogP contribution in [0.3, 0.4) is 0 Å². The molecule has 0 aliphatic heterocycles. The fourth-order valence-electron chi connectivity index (χ4n) is 11.1. The van der Waals surface area contributed by atoms with Crippen LogP contribution in [0.2, 0.25) is 26.6 Å². The second-order valence-electron chi connectivity index (χ2n) is 19.5. The van der Waals surface area contributed by atoms with Crippen molar-refractivity contribution in [2.45, 2.75) is 223 Å². The van der Waals surface area contributed by atoms with Gasteiger partial charge in [-0.25, -0.2) is 0 Å². The Morgan fingerprint density at radius 3 is 0.903 bits per heavy atom. The van der Waals surface area contributed by atoms with Gasteiger partial charge in [0.05, 0.1) is 0 Å². The van der Waals surface area contributed by atoms with Crippen molar-refractivity contribution in [3.05, 3.63) is 71.8 Å². The normalized spacial score (nSPS) is 12.4. The van der Waals surface area contributed by atoms with E-state index < -0.39 is 36.8 Å². The monoisotopic (exact) mass is 1090 g/mol. The Labute approximate surface area is 399 Å². The van der Waals surface area contributed by atoms with Gasteiger partial charge in [-0.15, -0.1) is 0 Å². The number of aryl methyl sites for hydroxylation is 2. The molecule has 62 heavy (non-hydrogen) atoms. The predicted molar refractivity (Wildman–Crippen MR) is 293 cm³/mol. The van der Waals surface area contributed by atoms with Crippen LogP contribution in [0, 0.1) is 0 Å². The summed E-state index contributed by atoms with van der Waals surface area (Å²) in [5, 5.41) is 3.45. The third-order valence-electron chi connectivity index (χ3n) is 14.7. The third kappa shape index (κ3) is 12.8. The molecule has 3 aromatic carbocycles. The molecule has 342 valence electrons. The average Bonchev–Trinajstić information content (AvgIpc) is 3.91. The first-order valence-corrected chi connectivity index (χ1v) is 43.2. The van der Waals surface area contributed by atoms with E-state index in [1.807, 2.05) is 5.79 Å². The number of thiophene rings is 2. The van der Waals surface area contributed by atoms with Gasteiger partial charge in [-0.2, -0.15) is 0 Å². The van der Waals surface area contributed by atoms with Crippen molar-refractivity contribution in [3.8, 4) is 22.3 Å². The van der Waals surface area contributed by atoms with Crippen LogP contribution in [-0.2, 0) is 12.8 Å². The molecule has 0 aliphatic rings. The van der Waals surface area contributed by atoms with Crippen LogP contribution in [0.1, 0.15) is 195 Å². The zero-order valence-corrected chi connectivity index (χ0v) is 48.7. The second kappa shape index (κ2) is 27.7. The van der Waals surface area contributed by atoms with Crippen LogP contribution in [0.15, 0.2) is 60.7 Å². The van der Waals surface area contributed by atoms with Crippen molar-refractivity contribution in [2.24, 2.45) is 0 Å². The molecule has 0 spiro atoms. The Bertz CT molecular complexity index is 1810.